The van der Waals surface area contributed by atoms with Crippen LogP contribution in [0.15, 0.2) is 59.1 Å². The van der Waals surface area contributed by atoms with Crippen molar-refractivity contribution in [3.05, 3.63) is 70.9 Å². The number of halogens is 1. The van der Waals surface area contributed by atoms with E-state index in [0.717, 1.165) is 17.0 Å². The highest BCUT2D eigenvalue weighted by molar-refractivity contribution is 6.33. The Hall–Kier alpha value is -2.79. The second kappa shape index (κ2) is 7.85. The lowest BCUT2D eigenvalue weighted by atomic mass is 10.1. The van der Waals surface area contributed by atoms with E-state index >= 15 is 0 Å². The largest absolute Gasteiger partial charge is 0.497 e. The Kier molecular flexibility index (Phi) is 5.36. The summed E-state index contributed by atoms with van der Waals surface area (Å²) in [6, 6.07) is 16.4. The molecule has 2 aromatic carbocycles. The van der Waals surface area contributed by atoms with Crippen LogP contribution < -0.4 is 10.1 Å². The third-order valence-electron chi connectivity index (χ3n) is 3.70. The second-order valence-electron chi connectivity index (χ2n) is 5.40. The Balaban J connectivity index is 1.59. The van der Waals surface area contributed by atoms with Crippen molar-refractivity contribution in [1.29, 1.82) is 0 Å². The lowest BCUT2D eigenvalue weighted by molar-refractivity contribution is 0.0954. The van der Waals surface area contributed by atoms with Crippen LogP contribution in [-0.2, 0) is 6.42 Å². The molecule has 0 aliphatic heterocycles. The zero-order valence-electron chi connectivity index (χ0n) is 13.7. The van der Waals surface area contributed by atoms with Gasteiger partial charge in [0.25, 0.3) is 5.91 Å². The van der Waals surface area contributed by atoms with Gasteiger partial charge in [0.1, 0.15) is 5.75 Å². The first kappa shape index (κ1) is 17.0. The number of benzene rings is 2. The number of nitrogens with zero attached hydrogens (tertiary/aromatic N) is 1. The molecule has 0 spiro atoms. The number of hydrogen-bond acceptors (Lipinski definition) is 4. The Labute approximate surface area is 150 Å². The summed E-state index contributed by atoms with van der Waals surface area (Å²) < 4.78 is 10.6. The molecule has 0 fully saturated rings. The maximum Gasteiger partial charge on any atom is 0.252 e. The summed E-state index contributed by atoms with van der Waals surface area (Å²) in [7, 11) is 1.62. The molecule has 0 atom stereocenters. The van der Waals surface area contributed by atoms with E-state index in [-0.39, 0.29) is 5.91 Å². The lowest BCUT2D eigenvalue weighted by Crippen LogP contribution is -2.26. The van der Waals surface area contributed by atoms with Crippen molar-refractivity contribution in [3.63, 3.8) is 0 Å². The van der Waals surface area contributed by atoms with Crippen LogP contribution in [0.25, 0.3) is 11.3 Å². The van der Waals surface area contributed by atoms with Crippen molar-refractivity contribution in [2.24, 2.45) is 0 Å². The summed E-state index contributed by atoms with van der Waals surface area (Å²) >= 11 is 6.01. The van der Waals surface area contributed by atoms with Gasteiger partial charge >= 0.3 is 0 Å². The molecular weight excluding hydrogens is 340 g/mol. The maximum absolute atomic E-state index is 12.1. The minimum atomic E-state index is -0.206. The highest BCUT2D eigenvalue weighted by Crippen LogP contribution is 2.24. The molecule has 128 valence electrons. The van der Waals surface area contributed by atoms with Gasteiger partial charge in [-0.05, 0) is 24.3 Å². The first-order valence-corrected chi connectivity index (χ1v) is 8.18. The number of amides is 1. The molecule has 3 rings (SSSR count). The monoisotopic (exact) mass is 356 g/mol. The average molecular weight is 357 g/mol. The molecule has 1 amide bonds. The van der Waals surface area contributed by atoms with Gasteiger partial charge in [-0.25, -0.2) is 0 Å². The summed E-state index contributed by atoms with van der Waals surface area (Å²) in [5.74, 6) is 1.20. The lowest BCUT2D eigenvalue weighted by Gasteiger charge is -2.05. The van der Waals surface area contributed by atoms with Gasteiger partial charge in [0, 0.05) is 24.6 Å². The molecule has 5 nitrogen and oxygen atoms in total. The van der Waals surface area contributed by atoms with Gasteiger partial charge < -0.3 is 14.6 Å². The van der Waals surface area contributed by atoms with Crippen LogP contribution in [0.3, 0.4) is 0 Å². The highest BCUT2D eigenvalue weighted by atomic mass is 35.5. The maximum atomic E-state index is 12.1. The molecule has 0 aliphatic carbocycles. The van der Waals surface area contributed by atoms with Crippen LogP contribution in [0.1, 0.15) is 16.1 Å². The molecule has 0 unspecified atom stereocenters. The van der Waals surface area contributed by atoms with E-state index in [4.69, 9.17) is 20.9 Å². The van der Waals surface area contributed by atoms with Crippen molar-refractivity contribution in [3.8, 4) is 17.1 Å². The molecule has 1 N–H and O–H groups in total. The molecule has 6 heteroatoms. The molecule has 1 heterocycles. The number of aromatic nitrogens is 1. The number of hydrogen-bond donors (Lipinski definition) is 1. The molecule has 1 aromatic heterocycles. The van der Waals surface area contributed by atoms with E-state index in [1.165, 1.54) is 0 Å². The van der Waals surface area contributed by atoms with Gasteiger partial charge in [-0.15, -0.1) is 0 Å². The molecule has 25 heavy (non-hydrogen) atoms. The van der Waals surface area contributed by atoms with Crippen LogP contribution in [0.5, 0.6) is 5.75 Å². The fourth-order valence-electron chi connectivity index (χ4n) is 2.39. The number of carbonyl (C=O) groups is 1. The van der Waals surface area contributed by atoms with Gasteiger partial charge in [0.15, 0.2) is 5.76 Å². The molecule has 0 radical (unpaired) electrons. The van der Waals surface area contributed by atoms with E-state index in [9.17, 15) is 4.79 Å². The topological polar surface area (TPSA) is 64.4 Å². The molecule has 3 aromatic rings. The quantitative estimate of drug-likeness (QED) is 0.725. The van der Waals surface area contributed by atoms with Crippen LogP contribution >= 0.6 is 11.6 Å². The predicted octanol–water partition coefficient (Wildman–Crippen LogP) is 3.98. The standard InChI is InChI=1S/C19H17ClN2O3/c1-24-15-6-4-5-13(11-15)18-12-14(22-25-18)9-10-21-19(23)16-7-2-3-8-17(16)20/h2-8,11-12H,9-10H2,1H3,(H,21,23). The summed E-state index contributed by atoms with van der Waals surface area (Å²) in [5, 5.41) is 7.30. The molecule has 0 saturated carbocycles. The minimum Gasteiger partial charge on any atom is -0.497 e. The first-order valence-electron chi connectivity index (χ1n) is 7.80. The Bertz CT molecular complexity index is 876. The zero-order valence-corrected chi connectivity index (χ0v) is 14.4. The van der Waals surface area contributed by atoms with E-state index < -0.39 is 0 Å². The highest BCUT2D eigenvalue weighted by Gasteiger charge is 2.11. The van der Waals surface area contributed by atoms with Crippen LogP contribution in [0, 0.1) is 0 Å². The fraction of sp³-hybridized carbons (Fsp3) is 0.158. The summed E-state index contributed by atoms with van der Waals surface area (Å²) in [5.41, 5.74) is 2.11. The summed E-state index contributed by atoms with van der Waals surface area (Å²) in [4.78, 5) is 12.1. The Morgan fingerprint density at radius 2 is 2.04 bits per heavy atom. The molecule has 0 aliphatic rings. The number of methoxy groups -OCH3 is 1. The van der Waals surface area contributed by atoms with Gasteiger partial charge in [-0.2, -0.15) is 0 Å². The number of ether oxygens (including phenoxy) is 1. The van der Waals surface area contributed by atoms with Crippen LogP contribution in [0.2, 0.25) is 5.02 Å². The smallest absolute Gasteiger partial charge is 0.252 e. The van der Waals surface area contributed by atoms with Crippen molar-refractivity contribution in [2.75, 3.05) is 13.7 Å². The van der Waals surface area contributed by atoms with Gasteiger partial charge in [-0.3, -0.25) is 4.79 Å². The molecular formula is C19H17ClN2O3. The van der Waals surface area contributed by atoms with Crippen molar-refractivity contribution < 1.29 is 14.1 Å². The van der Waals surface area contributed by atoms with Crippen molar-refractivity contribution >= 4 is 17.5 Å². The third-order valence-corrected chi connectivity index (χ3v) is 4.03. The van der Waals surface area contributed by atoms with E-state index in [1.807, 2.05) is 30.3 Å². The van der Waals surface area contributed by atoms with E-state index in [0.29, 0.717) is 29.3 Å². The van der Waals surface area contributed by atoms with Crippen molar-refractivity contribution in [2.45, 2.75) is 6.42 Å². The fourth-order valence-corrected chi connectivity index (χ4v) is 2.61. The second-order valence-corrected chi connectivity index (χ2v) is 5.81. The van der Waals surface area contributed by atoms with Crippen molar-refractivity contribution in [1.82, 2.24) is 10.5 Å². The number of rotatable bonds is 6. The molecule has 0 saturated heterocycles. The van der Waals surface area contributed by atoms with Gasteiger partial charge in [0.05, 0.1) is 23.4 Å². The normalized spacial score (nSPS) is 10.5. The van der Waals surface area contributed by atoms with Crippen LogP contribution in [-0.4, -0.2) is 24.7 Å². The summed E-state index contributed by atoms with van der Waals surface area (Å²) in [6.45, 7) is 0.439. The number of carbonyl (C=O) groups excluding carboxylic acids is 1. The van der Waals surface area contributed by atoms with Gasteiger partial charge in [0.2, 0.25) is 0 Å². The van der Waals surface area contributed by atoms with Crippen LogP contribution in [0.4, 0.5) is 0 Å². The Morgan fingerprint density at radius 3 is 2.84 bits per heavy atom. The van der Waals surface area contributed by atoms with E-state index in [1.54, 1.807) is 31.4 Å². The minimum absolute atomic E-state index is 0.206. The van der Waals surface area contributed by atoms with E-state index in [2.05, 4.69) is 10.5 Å². The van der Waals surface area contributed by atoms with Gasteiger partial charge in [-0.1, -0.05) is 41.0 Å². The average Bonchev–Trinajstić information content (AvgIpc) is 3.11. The third kappa shape index (κ3) is 4.19. The predicted molar refractivity (Wildman–Crippen MR) is 96.0 cm³/mol. The number of nitrogens with one attached hydrogen (secondary N) is 1. The molecule has 0 bridgehead atoms. The summed E-state index contributed by atoms with van der Waals surface area (Å²) in [6.07, 6.45) is 0.559. The SMILES string of the molecule is COc1cccc(-c2cc(CCNC(=O)c3ccccc3Cl)no2)c1. The first-order chi connectivity index (χ1) is 12.2. The zero-order chi connectivity index (χ0) is 17.6. The Morgan fingerprint density at radius 1 is 1.20 bits per heavy atom.